The number of hydrogen-bond acceptors (Lipinski definition) is 7. The van der Waals surface area contributed by atoms with E-state index in [1.807, 2.05) is 13.0 Å². The minimum atomic E-state index is -4.73. The third-order valence-electron chi connectivity index (χ3n) is 5.70. The summed E-state index contributed by atoms with van der Waals surface area (Å²) in [7, 11) is 1.42. The predicted molar refractivity (Wildman–Crippen MR) is 128 cm³/mol. The minimum Gasteiger partial charge on any atom is -0.495 e. The highest BCUT2D eigenvalue weighted by Gasteiger charge is 2.35. The van der Waals surface area contributed by atoms with Crippen molar-refractivity contribution in [3.05, 3.63) is 65.5 Å². The first-order valence-corrected chi connectivity index (χ1v) is 11.3. The second-order valence-corrected chi connectivity index (χ2v) is 8.23. The Hall–Kier alpha value is -4.57. The van der Waals surface area contributed by atoms with Gasteiger partial charge < -0.3 is 19.7 Å². The number of nitriles is 1. The third-order valence-corrected chi connectivity index (χ3v) is 5.70. The van der Waals surface area contributed by atoms with Gasteiger partial charge in [-0.25, -0.2) is 0 Å². The van der Waals surface area contributed by atoms with E-state index in [2.05, 4.69) is 15.2 Å². The Kier molecular flexibility index (Phi) is 7.54. The summed E-state index contributed by atoms with van der Waals surface area (Å²) in [5.74, 6) is -0.297. The van der Waals surface area contributed by atoms with Gasteiger partial charge in [-0.2, -0.15) is 10.4 Å². The number of carbonyl (C=O) groups is 2. The van der Waals surface area contributed by atoms with Crippen molar-refractivity contribution >= 4 is 23.2 Å². The number of anilines is 2. The summed E-state index contributed by atoms with van der Waals surface area (Å²) in [6.07, 6.45) is -3.34. The van der Waals surface area contributed by atoms with Crippen LogP contribution in [0.4, 0.5) is 24.5 Å². The van der Waals surface area contributed by atoms with E-state index in [1.165, 1.54) is 53.2 Å². The molecule has 0 aliphatic carbocycles. The number of benzene rings is 2. The van der Waals surface area contributed by atoms with Crippen molar-refractivity contribution in [3.63, 3.8) is 0 Å². The van der Waals surface area contributed by atoms with Crippen molar-refractivity contribution in [1.82, 2.24) is 9.78 Å². The number of carbonyl (C=O) groups excluding carboxylic acids is 2. The summed E-state index contributed by atoms with van der Waals surface area (Å²) >= 11 is 0. The molecule has 0 fully saturated rings. The van der Waals surface area contributed by atoms with E-state index in [9.17, 15) is 28.0 Å². The molecule has 10 nitrogen and oxygen atoms in total. The molecule has 0 saturated carbocycles. The second kappa shape index (κ2) is 10.8. The monoisotopic (exact) mass is 529 g/mol. The smallest absolute Gasteiger partial charge is 0.495 e. The highest BCUT2D eigenvalue weighted by atomic mass is 19.4. The number of halogens is 3. The standard InChI is InChI=1S/C25H22F3N5O5/c1-15-14-32-22(20(13-30-32)31-23(34)16-3-8-21(36-2)17(11-16)12-29)24(35)33(15)18-4-6-19(7-5-18)37-9-10-38-25(26,27)28/h3-8,11,13,15H,9-10,14H2,1-2H3,(H,31,34)/t15-/m0/s1. The molecule has 1 atom stereocenters. The summed E-state index contributed by atoms with van der Waals surface area (Å²) in [6, 6.07) is 12.4. The van der Waals surface area contributed by atoms with Crippen LogP contribution in [0.15, 0.2) is 48.7 Å². The van der Waals surface area contributed by atoms with E-state index in [-0.39, 0.29) is 35.2 Å². The van der Waals surface area contributed by atoms with Crippen LogP contribution in [0.1, 0.15) is 33.3 Å². The molecule has 2 aromatic carbocycles. The maximum atomic E-state index is 13.5. The number of hydrogen-bond donors (Lipinski definition) is 1. The third kappa shape index (κ3) is 5.70. The van der Waals surface area contributed by atoms with Crippen LogP contribution in [0, 0.1) is 11.3 Å². The zero-order valence-electron chi connectivity index (χ0n) is 20.3. The van der Waals surface area contributed by atoms with Crippen LogP contribution in [0.25, 0.3) is 0 Å². The van der Waals surface area contributed by atoms with Gasteiger partial charge >= 0.3 is 6.36 Å². The number of ether oxygens (including phenoxy) is 3. The number of fused-ring (bicyclic) bond motifs is 1. The van der Waals surface area contributed by atoms with Crippen molar-refractivity contribution in [3.8, 4) is 17.6 Å². The summed E-state index contributed by atoms with van der Waals surface area (Å²) in [6.45, 7) is 1.23. The Balaban J connectivity index is 1.49. The molecule has 198 valence electrons. The maximum absolute atomic E-state index is 13.5. The van der Waals surface area contributed by atoms with E-state index in [4.69, 9.17) is 9.47 Å². The lowest BCUT2D eigenvalue weighted by Crippen LogP contribution is -2.47. The molecule has 0 bridgehead atoms. The van der Waals surface area contributed by atoms with Crippen LogP contribution in [-0.4, -0.2) is 54.3 Å². The summed E-state index contributed by atoms with van der Waals surface area (Å²) in [4.78, 5) is 27.9. The van der Waals surface area contributed by atoms with Crippen molar-refractivity contribution in [2.24, 2.45) is 0 Å². The SMILES string of the molecule is COc1ccc(C(=O)Nc2cnn3c2C(=O)N(c2ccc(OCCOC(F)(F)F)cc2)[C@@H](C)C3)cc1C#N. The molecule has 3 aromatic rings. The predicted octanol–water partition coefficient (Wildman–Crippen LogP) is 3.98. The molecule has 2 amide bonds. The topological polar surface area (TPSA) is 119 Å². The van der Waals surface area contributed by atoms with Crippen LogP contribution in [0.3, 0.4) is 0 Å². The van der Waals surface area contributed by atoms with Gasteiger partial charge in [0, 0.05) is 11.3 Å². The average molecular weight is 529 g/mol. The van der Waals surface area contributed by atoms with Gasteiger partial charge in [0.15, 0.2) is 0 Å². The lowest BCUT2D eigenvalue weighted by molar-refractivity contribution is -0.325. The molecule has 0 unspecified atom stereocenters. The van der Waals surface area contributed by atoms with Gasteiger partial charge in [-0.05, 0) is 49.4 Å². The van der Waals surface area contributed by atoms with Gasteiger partial charge in [0.25, 0.3) is 11.8 Å². The molecule has 2 heterocycles. The fourth-order valence-electron chi connectivity index (χ4n) is 4.01. The van der Waals surface area contributed by atoms with Gasteiger partial charge in [-0.3, -0.25) is 19.0 Å². The van der Waals surface area contributed by atoms with Crippen LogP contribution in [0.5, 0.6) is 11.5 Å². The molecular formula is C25H22F3N5O5. The first kappa shape index (κ1) is 26.5. The molecule has 1 N–H and O–H groups in total. The molecule has 1 aromatic heterocycles. The van der Waals surface area contributed by atoms with Crippen LogP contribution in [0.2, 0.25) is 0 Å². The summed E-state index contributed by atoms with van der Waals surface area (Å²) in [5, 5.41) is 16.2. The van der Waals surface area contributed by atoms with Crippen LogP contribution >= 0.6 is 0 Å². The first-order valence-electron chi connectivity index (χ1n) is 11.3. The van der Waals surface area contributed by atoms with Crippen molar-refractivity contribution < 1.29 is 37.0 Å². The van der Waals surface area contributed by atoms with E-state index < -0.39 is 24.8 Å². The Morgan fingerprint density at radius 3 is 2.61 bits per heavy atom. The number of aromatic nitrogens is 2. The molecule has 13 heteroatoms. The van der Waals surface area contributed by atoms with Gasteiger partial charge in [0.05, 0.1) is 43.8 Å². The summed E-state index contributed by atoms with van der Waals surface area (Å²) in [5.41, 5.74) is 1.30. The Labute approximate surface area is 215 Å². The van der Waals surface area contributed by atoms with E-state index in [1.54, 1.807) is 12.1 Å². The largest absolute Gasteiger partial charge is 0.522 e. The Bertz CT molecular complexity index is 1380. The zero-order chi connectivity index (χ0) is 27.4. The highest BCUT2D eigenvalue weighted by Crippen LogP contribution is 2.30. The summed E-state index contributed by atoms with van der Waals surface area (Å²) < 4.78 is 51.8. The number of amides is 2. The molecule has 0 spiro atoms. The molecule has 0 saturated heterocycles. The Morgan fingerprint density at radius 2 is 1.95 bits per heavy atom. The number of nitrogens with one attached hydrogen (secondary N) is 1. The molecule has 0 radical (unpaired) electrons. The molecule has 38 heavy (non-hydrogen) atoms. The van der Waals surface area contributed by atoms with Gasteiger partial charge in [-0.1, -0.05) is 0 Å². The van der Waals surface area contributed by atoms with Crippen LogP contribution < -0.4 is 19.7 Å². The van der Waals surface area contributed by atoms with Gasteiger partial charge in [0.2, 0.25) is 0 Å². The minimum absolute atomic E-state index is 0.176. The number of nitrogens with zero attached hydrogens (tertiary/aromatic N) is 4. The lowest BCUT2D eigenvalue weighted by atomic mass is 10.1. The van der Waals surface area contributed by atoms with E-state index in [0.717, 1.165) is 0 Å². The van der Waals surface area contributed by atoms with Gasteiger partial charge in [0.1, 0.15) is 29.9 Å². The fourth-order valence-corrected chi connectivity index (χ4v) is 4.01. The zero-order valence-corrected chi connectivity index (χ0v) is 20.3. The van der Waals surface area contributed by atoms with Crippen LogP contribution in [-0.2, 0) is 11.3 Å². The second-order valence-electron chi connectivity index (χ2n) is 8.23. The fraction of sp³-hybridized carbons (Fsp3) is 0.280. The van der Waals surface area contributed by atoms with Gasteiger partial charge in [-0.15, -0.1) is 13.2 Å². The quantitative estimate of drug-likeness (QED) is 0.439. The maximum Gasteiger partial charge on any atom is 0.522 e. The van der Waals surface area contributed by atoms with E-state index >= 15 is 0 Å². The number of alkyl halides is 3. The number of methoxy groups -OCH3 is 1. The lowest BCUT2D eigenvalue weighted by Gasteiger charge is -2.34. The van der Waals surface area contributed by atoms with Crippen molar-refractivity contribution in [2.75, 3.05) is 30.5 Å². The van der Waals surface area contributed by atoms with Crippen molar-refractivity contribution in [1.29, 1.82) is 5.26 Å². The van der Waals surface area contributed by atoms with Crippen molar-refractivity contribution in [2.45, 2.75) is 25.9 Å². The van der Waals surface area contributed by atoms with E-state index in [0.29, 0.717) is 23.7 Å². The number of rotatable bonds is 8. The molecule has 4 rings (SSSR count). The Morgan fingerprint density at radius 1 is 1.21 bits per heavy atom. The highest BCUT2D eigenvalue weighted by molar-refractivity contribution is 6.13. The first-order chi connectivity index (χ1) is 18.1. The normalized spacial score (nSPS) is 15.0. The molecular weight excluding hydrogens is 507 g/mol. The molecule has 1 aliphatic heterocycles. The molecule has 1 aliphatic rings. The average Bonchev–Trinajstić information content (AvgIpc) is 3.28.